The minimum atomic E-state index is 0.566. The molecule has 8 aromatic rings. The second-order valence-electron chi connectivity index (χ2n) is 20.6. The lowest BCUT2D eigenvalue weighted by Gasteiger charge is -2.18. The van der Waals surface area contributed by atoms with E-state index in [-0.39, 0.29) is 0 Å². The number of benzene rings is 2. The Morgan fingerprint density at radius 2 is 0.829 bits per heavy atom. The quantitative estimate of drug-likeness (QED) is 0.0463. The van der Waals surface area contributed by atoms with Gasteiger partial charge in [-0.3, -0.25) is 0 Å². The molecular formula is C62H80Cl2N2S4. The van der Waals surface area contributed by atoms with Crippen LogP contribution < -0.4 is 0 Å². The monoisotopic (exact) mass is 1050 g/mol. The largest absolute Gasteiger partial charge is 0.338 e. The number of aromatic nitrogens is 2. The lowest BCUT2D eigenvalue weighted by Crippen LogP contribution is -2.10. The molecule has 0 saturated heterocycles. The summed E-state index contributed by atoms with van der Waals surface area (Å²) in [5, 5.41) is 8.68. The van der Waals surface area contributed by atoms with Crippen molar-refractivity contribution in [3.63, 3.8) is 0 Å². The molecule has 0 fully saturated rings. The highest BCUT2D eigenvalue weighted by atomic mass is 35.5. The summed E-state index contributed by atoms with van der Waals surface area (Å²) in [4.78, 5) is 8.15. The predicted molar refractivity (Wildman–Crippen MR) is 319 cm³/mol. The third-order valence-electron chi connectivity index (χ3n) is 15.7. The van der Waals surface area contributed by atoms with Crippen LogP contribution in [-0.4, -0.2) is 9.13 Å². The molecule has 2 nitrogen and oxygen atoms in total. The van der Waals surface area contributed by atoms with E-state index in [1.807, 2.05) is 45.3 Å². The number of halogens is 2. The molecule has 2 aromatic carbocycles. The average molecular weight is 1050 g/mol. The van der Waals surface area contributed by atoms with Gasteiger partial charge in [0.2, 0.25) is 0 Å². The van der Waals surface area contributed by atoms with Gasteiger partial charge >= 0.3 is 0 Å². The Morgan fingerprint density at radius 3 is 1.16 bits per heavy atom. The summed E-state index contributed by atoms with van der Waals surface area (Å²) in [6.07, 6.45) is 22.0. The number of nitrogens with zero attached hydrogens (tertiary/aromatic N) is 2. The van der Waals surface area contributed by atoms with E-state index in [0.29, 0.717) is 23.7 Å². The molecule has 6 heterocycles. The Bertz CT molecular complexity index is 2690. The summed E-state index contributed by atoms with van der Waals surface area (Å²) in [5.41, 5.74) is 10.5. The molecular weight excluding hydrogens is 972 g/mol. The maximum atomic E-state index is 7.73. The highest BCUT2D eigenvalue weighted by Gasteiger charge is 2.28. The van der Waals surface area contributed by atoms with Crippen LogP contribution in [0.2, 0.25) is 10.0 Å². The Kier molecular flexibility index (Phi) is 19.4. The first-order valence-electron chi connectivity index (χ1n) is 27.5. The van der Waals surface area contributed by atoms with Crippen molar-refractivity contribution in [3.8, 4) is 40.4 Å². The van der Waals surface area contributed by atoms with Crippen LogP contribution in [0.3, 0.4) is 0 Å². The average Bonchev–Trinajstić information content (AvgIpc) is 4.25. The molecule has 0 bridgehead atoms. The van der Waals surface area contributed by atoms with Crippen LogP contribution in [-0.2, 0) is 25.9 Å². The predicted octanol–water partition coefficient (Wildman–Crippen LogP) is 22.9. The van der Waals surface area contributed by atoms with Gasteiger partial charge in [0.1, 0.15) is 0 Å². The van der Waals surface area contributed by atoms with Crippen LogP contribution in [0.25, 0.3) is 73.2 Å². The molecule has 6 aromatic heterocycles. The highest BCUT2D eigenvalue weighted by Crippen LogP contribution is 2.50. The van der Waals surface area contributed by atoms with E-state index in [9.17, 15) is 0 Å². The normalized spacial score (nSPS) is 13.9. The van der Waals surface area contributed by atoms with Crippen molar-refractivity contribution in [1.29, 1.82) is 0 Å². The molecule has 4 unspecified atom stereocenters. The van der Waals surface area contributed by atoms with Gasteiger partial charge in [0, 0.05) is 64.3 Å². The van der Waals surface area contributed by atoms with E-state index in [1.165, 1.54) is 163 Å². The molecule has 0 radical (unpaired) electrons. The summed E-state index contributed by atoms with van der Waals surface area (Å²) < 4.78 is 5.45. The Labute approximate surface area is 447 Å². The van der Waals surface area contributed by atoms with Crippen molar-refractivity contribution in [2.45, 2.75) is 184 Å². The van der Waals surface area contributed by atoms with E-state index in [1.54, 1.807) is 0 Å². The van der Waals surface area contributed by atoms with Crippen molar-refractivity contribution in [1.82, 2.24) is 9.13 Å². The Balaban J connectivity index is 1.36. The molecule has 376 valence electrons. The highest BCUT2D eigenvalue weighted by molar-refractivity contribution is 7.24. The minimum Gasteiger partial charge on any atom is -0.338 e. The van der Waals surface area contributed by atoms with Gasteiger partial charge in [0.15, 0.2) is 0 Å². The van der Waals surface area contributed by atoms with E-state index in [2.05, 4.69) is 136 Å². The standard InChI is InChI=1S/C62H80Cl2N2S4/c1-9-17-23-41(13-5)31-45-33-57(69-61(45)55-27-21-29-67-55)47-37-53-49(35-51(47)63)59-60(65(53)39-43(15-7)25-19-11-3)50-36-52(64)48(38-54(50)66(59)40-44(16-8)26-20-12-4)58-34-46(32-42(14-6)24-18-10-2)62(70-58)56-28-22-30-68-56/h21-22,27-30,33-38,41-44H,9-20,23-26,31-32,39-40H2,1-8H3. The smallest absolute Gasteiger partial charge is 0.0754 e. The zero-order valence-corrected chi connectivity index (χ0v) is 48.4. The molecule has 0 aliphatic carbocycles. The van der Waals surface area contributed by atoms with Gasteiger partial charge in [-0.1, -0.05) is 181 Å². The van der Waals surface area contributed by atoms with E-state index < -0.39 is 0 Å². The van der Waals surface area contributed by atoms with Crippen LogP contribution in [0.5, 0.6) is 0 Å². The number of unbranched alkanes of at least 4 members (excludes halogenated alkanes) is 4. The second-order valence-corrected chi connectivity index (χ2v) is 25.4. The van der Waals surface area contributed by atoms with Crippen molar-refractivity contribution < 1.29 is 0 Å². The molecule has 70 heavy (non-hydrogen) atoms. The summed E-state index contributed by atoms with van der Waals surface area (Å²) >= 11 is 23.1. The fourth-order valence-corrected chi connectivity index (χ4v) is 16.1. The third-order valence-corrected chi connectivity index (χ3v) is 20.9. The molecule has 8 rings (SSSR count). The van der Waals surface area contributed by atoms with Crippen LogP contribution in [0.4, 0.5) is 0 Å². The van der Waals surface area contributed by atoms with Crippen LogP contribution in [0.15, 0.2) is 71.4 Å². The summed E-state index contributed by atoms with van der Waals surface area (Å²) in [5.74, 6) is 2.50. The number of rotatable bonds is 28. The van der Waals surface area contributed by atoms with Gasteiger partial charge < -0.3 is 9.13 Å². The van der Waals surface area contributed by atoms with Crippen molar-refractivity contribution in [2.75, 3.05) is 0 Å². The lowest BCUT2D eigenvalue weighted by molar-refractivity contribution is 0.399. The first-order valence-corrected chi connectivity index (χ1v) is 31.6. The van der Waals surface area contributed by atoms with Gasteiger partial charge in [-0.15, -0.1) is 45.3 Å². The third kappa shape index (κ3) is 11.7. The van der Waals surface area contributed by atoms with Gasteiger partial charge in [0.05, 0.1) is 32.1 Å². The maximum Gasteiger partial charge on any atom is 0.0754 e. The van der Waals surface area contributed by atoms with Gasteiger partial charge in [-0.2, -0.15) is 0 Å². The van der Waals surface area contributed by atoms with Crippen LogP contribution >= 0.6 is 68.5 Å². The summed E-state index contributed by atoms with van der Waals surface area (Å²) in [6, 6.07) is 23.7. The van der Waals surface area contributed by atoms with Crippen LogP contribution in [0.1, 0.15) is 169 Å². The minimum absolute atomic E-state index is 0.566. The molecule has 0 saturated carbocycles. The maximum absolute atomic E-state index is 7.73. The summed E-state index contributed by atoms with van der Waals surface area (Å²) in [7, 11) is 0. The topological polar surface area (TPSA) is 9.86 Å². The fourth-order valence-electron chi connectivity index (χ4n) is 11.3. The number of hydrogen-bond acceptors (Lipinski definition) is 4. The molecule has 8 heteroatoms. The summed E-state index contributed by atoms with van der Waals surface area (Å²) in [6.45, 7) is 20.8. The Morgan fingerprint density at radius 1 is 0.457 bits per heavy atom. The van der Waals surface area contributed by atoms with E-state index in [4.69, 9.17) is 23.2 Å². The molecule has 4 atom stereocenters. The zero-order valence-electron chi connectivity index (χ0n) is 43.7. The van der Waals surface area contributed by atoms with E-state index in [0.717, 1.165) is 59.9 Å². The molecule has 0 aliphatic rings. The first kappa shape index (κ1) is 53.5. The molecule has 0 N–H and O–H groups in total. The van der Waals surface area contributed by atoms with Crippen molar-refractivity contribution in [3.05, 3.63) is 92.6 Å². The van der Waals surface area contributed by atoms with Gasteiger partial charge in [0.25, 0.3) is 0 Å². The van der Waals surface area contributed by atoms with Crippen LogP contribution in [0, 0.1) is 23.7 Å². The van der Waals surface area contributed by atoms with Crippen molar-refractivity contribution >= 4 is 101 Å². The molecule has 0 aliphatic heterocycles. The number of thiophene rings is 4. The van der Waals surface area contributed by atoms with E-state index >= 15 is 0 Å². The molecule has 0 amide bonds. The van der Waals surface area contributed by atoms with Gasteiger partial charge in [-0.25, -0.2) is 0 Å². The number of fused-ring (bicyclic) bond motifs is 5. The van der Waals surface area contributed by atoms with Gasteiger partial charge in [-0.05, 0) is 120 Å². The Hall–Kier alpha value is -2.84. The lowest BCUT2D eigenvalue weighted by atomic mass is 9.91. The first-order chi connectivity index (χ1) is 34.2. The molecule has 0 spiro atoms. The SMILES string of the molecule is CCCCC(CC)Cc1cc(-c2cc3c(cc2Cl)c2c(c4cc(Cl)c(-c5cc(CC(CC)CCCC)c(-c6cccs6)s5)cc4n2CC(CC)CCCC)n3CC(CC)CCCC)sc1-c1cccs1. The van der Waals surface area contributed by atoms with Crippen molar-refractivity contribution in [2.24, 2.45) is 23.7 Å². The number of hydrogen-bond donors (Lipinski definition) is 0. The zero-order chi connectivity index (χ0) is 49.3. The second kappa shape index (κ2) is 25.4. The fraction of sp³-hybridized carbons (Fsp3) is 0.516.